The van der Waals surface area contributed by atoms with Crippen molar-refractivity contribution in [2.75, 3.05) is 24.3 Å². The first-order valence-corrected chi connectivity index (χ1v) is 10.2. The van der Waals surface area contributed by atoms with Gasteiger partial charge in [0.1, 0.15) is 24.0 Å². The zero-order chi connectivity index (χ0) is 21.6. The van der Waals surface area contributed by atoms with Crippen molar-refractivity contribution < 1.29 is 9.53 Å². The Kier molecular flexibility index (Phi) is 6.08. The second kappa shape index (κ2) is 9.26. The lowest BCUT2D eigenvalue weighted by atomic mass is 10.1. The molecule has 7 nitrogen and oxygen atoms in total. The number of nitrogens with one attached hydrogen (secondary N) is 2. The lowest BCUT2D eigenvalue weighted by molar-refractivity contribution is -0.117. The van der Waals surface area contributed by atoms with E-state index in [4.69, 9.17) is 10.00 Å². The minimum absolute atomic E-state index is 0.0314. The Morgan fingerprint density at radius 3 is 2.71 bits per heavy atom. The molecule has 2 aromatic heterocycles. The van der Waals surface area contributed by atoms with E-state index in [2.05, 4.69) is 26.7 Å². The van der Waals surface area contributed by atoms with E-state index >= 15 is 0 Å². The van der Waals surface area contributed by atoms with Crippen LogP contribution in [0, 0.1) is 17.2 Å². The fourth-order valence-corrected chi connectivity index (χ4v) is 3.21. The molecule has 1 amide bonds. The van der Waals surface area contributed by atoms with Crippen LogP contribution in [-0.2, 0) is 4.79 Å². The first kappa shape index (κ1) is 20.4. The molecule has 2 N–H and O–H groups in total. The third kappa shape index (κ3) is 4.98. The molecular weight excluding hydrogens is 390 g/mol. The minimum atomic E-state index is 0.0314. The molecule has 1 fully saturated rings. The number of carbonyl (C=O) groups is 1. The van der Waals surface area contributed by atoms with Gasteiger partial charge in [0.15, 0.2) is 0 Å². The SMILES string of the molecule is CNc1ncc(/C=C/c2ccc(OCCC#N)cc2)c2cc(NC(=O)C3CC3)ncc12. The first-order chi connectivity index (χ1) is 15.2. The molecule has 1 aromatic carbocycles. The third-order valence-corrected chi connectivity index (χ3v) is 5.06. The number of rotatable bonds is 8. The molecule has 1 aliphatic carbocycles. The molecule has 7 heteroatoms. The van der Waals surface area contributed by atoms with Gasteiger partial charge in [0.25, 0.3) is 0 Å². The average Bonchev–Trinajstić information content (AvgIpc) is 3.64. The van der Waals surface area contributed by atoms with Gasteiger partial charge in [0, 0.05) is 36.3 Å². The molecule has 2 heterocycles. The minimum Gasteiger partial charge on any atom is -0.493 e. The fraction of sp³-hybridized carbons (Fsp3) is 0.250. The summed E-state index contributed by atoms with van der Waals surface area (Å²) >= 11 is 0. The highest BCUT2D eigenvalue weighted by Gasteiger charge is 2.29. The summed E-state index contributed by atoms with van der Waals surface area (Å²) < 4.78 is 5.51. The smallest absolute Gasteiger partial charge is 0.228 e. The van der Waals surface area contributed by atoms with Crippen LogP contribution in [0.5, 0.6) is 5.75 Å². The number of aromatic nitrogens is 2. The molecule has 0 saturated heterocycles. The predicted octanol–water partition coefficient (Wildman–Crippen LogP) is 4.48. The van der Waals surface area contributed by atoms with Crippen LogP contribution in [0.4, 0.5) is 11.6 Å². The highest BCUT2D eigenvalue weighted by Crippen LogP contribution is 2.31. The fourth-order valence-electron chi connectivity index (χ4n) is 3.21. The van der Waals surface area contributed by atoms with Crippen LogP contribution in [0.2, 0.25) is 0 Å². The number of amides is 1. The number of nitriles is 1. The maximum atomic E-state index is 12.1. The van der Waals surface area contributed by atoms with Gasteiger partial charge in [0.2, 0.25) is 5.91 Å². The van der Waals surface area contributed by atoms with Crippen molar-refractivity contribution in [2.24, 2.45) is 5.92 Å². The molecule has 1 saturated carbocycles. The number of hydrogen-bond donors (Lipinski definition) is 2. The van der Waals surface area contributed by atoms with Gasteiger partial charge in [0.05, 0.1) is 12.5 Å². The molecule has 0 spiro atoms. The number of anilines is 2. The van der Waals surface area contributed by atoms with Gasteiger partial charge in [-0.2, -0.15) is 5.26 Å². The Balaban J connectivity index is 1.58. The van der Waals surface area contributed by atoms with Crippen molar-refractivity contribution in [2.45, 2.75) is 19.3 Å². The standard InChI is InChI=1S/C24H23N5O2/c1-26-23-21-15-27-22(29-24(30)17-7-8-17)13-20(21)18(14-28-23)6-3-16-4-9-19(10-5-16)31-12-2-11-25/h3-6,9-10,13-15,17H,2,7-8,12H2,1H3,(H,26,28)(H,27,29,30)/b6-3+. The maximum absolute atomic E-state index is 12.1. The number of fused-ring (bicyclic) bond motifs is 1. The Morgan fingerprint density at radius 2 is 2.00 bits per heavy atom. The highest BCUT2D eigenvalue weighted by atomic mass is 16.5. The highest BCUT2D eigenvalue weighted by molar-refractivity contribution is 6.01. The average molecular weight is 413 g/mol. The van der Waals surface area contributed by atoms with Gasteiger partial charge >= 0.3 is 0 Å². The molecule has 156 valence electrons. The van der Waals surface area contributed by atoms with Crippen LogP contribution in [0.1, 0.15) is 30.4 Å². The van der Waals surface area contributed by atoms with E-state index in [-0.39, 0.29) is 11.8 Å². The van der Waals surface area contributed by atoms with Crippen LogP contribution in [0.25, 0.3) is 22.9 Å². The van der Waals surface area contributed by atoms with Gasteiger partial charge in [-0.15, -0.1) is 0 Å². The van der Waals surface area contributed by atoms with E-state index in [1.165, 1.54) is 0 Å². The third-order valence-electron chi connectivity index (χ3n) is 5.06. The Bertz CT molecular complexity index is 1160. The molecule has 0 bridgehead atoms. The van der Waals surface area contributed by atoms with Crippen molar-refractivity contribution in [1.82, 2.24) is 9.97 Å². The van der Waals surface area contributed by atoms with Crippen LogP contribution < -0.4 is 15.4 Å². The van der Waals surface area contributed by atoms with Gasteiger partial charge in [-0.05, 0) is 42.0 Å². The number of carbonyl (C=O) groups excluding carboxylic acids is 1. The predicted molar refractivity (Wildman–Crippen MR) is 122 cm³/mol. The summed E-state index contributed by atoms with van der Waals surface area (Å²) in [6.45, 7) is 0.384. The second-order valence-electron chi connectivity index (χ2n) is 7.35. The number of hydrogen-bond acceptors (Lipinski definition) is 6. The molecule has 0 atom stereocenters. The summed E-state index contributed by atoms with van der Waals surface area (Å²) in [5, 5.41) is 16.4. The van der Waals surface area contributed by atoms with Crippen LogP contribution in [0.15, 0.2) is 42.7 Å². The van der Waals surface area contributed by atoms with E-state index in [1.807, 2.05) is 49.5 Å². The topological polar surface area (TPSA) is 99.9 Å². The van der Waals surface area contributed by atoms with Crippen molar-refractivity contribution in [3.63, 3.8) is 0 Å². The largest absolute Gasteiger partial charge is 0.493 e. The molecule has 0 aliphatic heterocycles. The van der Waals surface area contributed by atoms with Gasteiger partial charge in [-0.25, -0.2) is 9.97 Å². The Morgan fingerprint density at radius 1 is 1.19 bits per heavy atom. The summed E-state index contributed by atoms with van der Waals surface area (Å²) in [6.07, 6.45) is 9.79. The van der Waals surface area contributed by atoms with Gasteiger partial charge in [-0.3, -0.25) is 4.79 Å². The molecule has 0 unspecified atom stereocenters. The zero-order valence-corrected chi connectivity index (χ0v) is 17.3. The van der Waals surface area contributed by atoms with E-state index in [0.29, 0.717) is 18.8 Å². The van der Waals surface area contributed by atoms with Crippen LogP contribution in [0.3, 0.4) is 0 Å². The summed E-state index contributed by atoms with van der Waals surface area (Å²) in [5.74, 6) is 2.17. The molecule has 1 aliphatic rings. The Hall–Kier alpha value is -3.92. The Labute approximate surface area is 180 Å². The maximum Gasteiger partial charge on any atom is 0.228 e. The number of nitrogens with zero attached hydrogens (tertiary/aromatic N) is 3. The zero-order valence-electron chi connectivity index (χ0n) is 17.3. The molecule has 0 radical (unpaired) electrons. The quantitative estimate of drug-likeness (QED) is 0.528. The van der Waals surface area contributed by atoms with E-state index in [1.54, 1.807) is 12.4 Å². The molecular formula is C24H23N5O2. The van der Waals surface area contributed by atoms with Gasteiger partial charge in [-0.1, -0.05) is 24.3 Å². The lowest BCUT2D eigenvalue weighted by Gasteiger charge is -2.10. The van der Waals surface area contributed by atoms with E-state index in [9.17, 15) is 4.79 Å². The van der Waals surface area contributed by atoms with Gasteiger partial charge < -0.3 is 15.4 Å². The molecule has 3 aromatic rings. The number of pyridine rings is 2. The number of benzene rings is 1. The van der Waals surface area contributed by atoms with Crippen LogP contribution in [-0.4, -0.2) is 29.5 Å². The van der Waals surface area contributed by atoms with Crippen molar-refractivity contribution in [3.8, 4) is 11.8 Å². The molecule has 4 rings (SSSR count). The number of ether oxygens (including phenoxy) is 1. The summed E-state index contributed by atoms with van der Waals surface area (Å²) in [6, 6.07) is 11.6. The first-order valence-electron chi connectivity index (χ1n) is 10.2. The molecule has 31 heavy (non-hydrogen) atoms. The van der Waals surface area contributed by atoms with Crippen molar-refractivity contribution in [3.05, 3.63) is 53.9 Å². The lowest BCUT2D eigenvalue weighted by Crippen LogP contribution is -2.14. The summed E-state index contributed by atoms with van der Waals surface area (Å²) in [4.78, 5) is 21.0. The monoisotopic (exact) mass is 413 g/mol. The summed E-state index contributed by atoms with van der Waals surface area (Å²) in [7, 11) is 1.82. The van der Waals surface area contributed by atoms with E-state index < -0.39 is 0 Å². The van der Waals surface area contributed by atoms with Crippen LogP contribution >= 0.6 is 0 Å². The second-order valence-corrected chi connectivity index (χ2v) is 7.35. The van der Waals surface area contributed by atoms with Crippen molar-refractivity contribution in [1.29, 1.82) is 5.26 Å². The summed E-state index contributed by atoms with van der Waals surface area (Å²) in [5.41, 5.74) is 1.93. The normalized spacial score (nSPS) is 13.2. The van der Waals surface area contributed by atoms with Crippen molar-refractivity contribution >= 4 is 40.5 Å². The van der Waals surface area contributed by atoms with E-state index in [0.717, 1.165) is 46.3 Å².